The summed E-state index contributed by atoms with van der Waals surface area (Å²) in [5.41, 5.74) is 2.42. The molecule has 3 nitrogen and oxygen atoms in total. The molecule has 0 bridgehead atoms. The average Bonchev–Trinajstić information content (AvgIpc) is 2.45. The lowest BCUT2D eigenvalue weighted by Crippen LogP contribution is -2.27. The van der Waals surface area contributed by atoms with Crippen LogP contribution in [0.5, 0.6) is 0 Å². The van der Waals surface area contributed by atoms with Crippen LogP contribution < -0.4 is 5.32 Å². The number of carbonyl (C=O) groups is 1. The highest BCUT2D eigenvalue weighted by atomic mass is 16.1. The van der Waals surface area contributed by atoms with Gasteiger partial charge in [-0.25, -0.2) is 0 Å². The predicted molar refractivity (Wildman–Crippen MR) is 75.8 cm³/mol. The first-order valence-corrected chi connectivity index (χ1v) is 6.44. The standard InChI is InChI=1S/C16H18N2O/c1-13(19)18-12-16(15-7-3-2-4-8-15)10-14-6-5-9-17-11-14/h2-9,11,16H,10,12H2,1H3,(H,18,19). The van der Waals surface area contributed by atoms with E-state index in [9.17, 15) is 4.79 Å². The van der Waals surface area contributed by atoms with Crippen molar-refractivity contribution in [1.82, 2.24) is 10.3 Å². The van der Waals surface area contributed by atoms with E-state index in [1.807, 2.05) is 30.5 Å². The number of carbonyl (C=O) groups excluding carboxylic acids is 1. The monoisotopic (exact) mass is 254 g/mol. The van der Waals surface area contributed by atoms with Crippen LogP contribution >= 0.6 is 0 Å². The smallest absolute Gasteiger partial charge is 0.216 e. The molecule has 2 aromatic rings. The Labute approximate surface area is 113 Å². The fraction of sp³-hybridized carbons (Fsp3) is 0.250. The van der Waals surface area contributed by atoms with Gasteiger partial charge in [-0.2, -0.15) is 0 Å². The van der Waals surface area contributed by atoms with Gasteiger partial charge in [0.25, 0.3) is 0 Å². The molecule has 0 saturated carbocycles. The van der Waals surface area contributed by atoms with Crippen LogP contribution in [0.1, 0.15) is 24.0 Å². The number of hydrogen-bond donors (Lipinski definition) is 1. The molecule has 98 valence electrons. The van der Waals surface area contributed by atoms with E-state index in [1.165, 1.54) is 11.1 Å². The quantitative estimate of drug-likeness (QED) is 0.891. The maximum atomic E-state index is 11.1. The van der Waals surface area contributed by atoms with E-state index in [0.717, 1.165) is 6.42 Å². The van der Waals surface area contributed by atoms with Crippen molar-refractivity contribution in [3.63, 3.8) is 0 Å². The number of hydrogen-bond acceptors (Lipinski definition) is 2. The Hall–Kier alpha value is -2.16. The Morgan fingerprint density at radius 3 is 2.63 bits per heavy atom. The zero-order chi connectivity index (χ0) is 13.5. The second kappa shape index (κ2) is 6.69. The molecule has 1 N–H and O–H groups in total. The highest BCUT2D eigenvalue weighted by Gasteiger charge is 2.12. The molecule has 3 heteroatoms. The Bertz CT molecular complexity index is 511. The summed E-state index contributed by atoms with van der Waals surface area (Å²) in [5.74, 6) is 0.279. The number of amides is 1. The second-order valence-corrected chi connectivity index (χ2v) is 4.61. The van der Waals surface area contributed by atoms with Gasteiger partial charge in [-0.05, 0) is 23.6 Å². The van der Waals surface area contributed by atoms with Crippen molar-refractivity contribution >= 4 is 5.91 Å². The predicted octanol–water partition coefficient (Wildman–Crippen LogP) is 2.54. The Morgan fingerprint density at radius 1 is 1.21 bits per heavy atom. The van der Waals surface area contributed by atoms with Gasteiger partial charge in [0, 0.05) is 31.8 Å². The molecule has 1 unspecified atom stereocenters. The summed E-state index contributed by atoms with van der Waals surface area (Å²) < 4.78 is 0. The molecule has 2 rings (SSSR count). The van der Waals surface area contributed by atoms with E-state index < -0.39 is 0 Å². The van der Waals surface area contributed by atoms with Gasteiger partial charge >= 0.3 is 0 Å². The molecule has 0 spiro atoms. The molecule has 0 radical (unpaired) electrons. The third kappa shape index (κ3) is 4.21. The van der Waals surface area contributed by atoms with Crippen LogP contribution in [-0.4, -0.2) is 17.4 Å². The van der Waals surface area contributed by atoms with Crippen molar-refractivity contribution < 1.29 is 4.79 Å². The summed E-state index contributed by atoms with van der Waals surface area (Å²) >= 11 is 0. The number of pyridine rings is 1. The summed E-state index contributed by atoms with van der Waals surface area (Å²) in [5, 5.41) is 2.91. The number of rotatable bonds is 5. The first-order valence-electron chi connectivity index (χ1n) is 6.44. The lowest BCUT2D eigenvalue weighted by molar-refractivity contribution is -0.119. The molecule has 1 atom stereocenters. The number of aromatic nitrogens is 1. The zero-order valence-corrected chi connectivity index (χ0v) is 11.0. The molecule has 1 heterocycles. The van der Waals surface area contributed by atoms with Gasteiger partial charge in [0.1, 0.15) is 0 Å². The van der Waals surface area contributed by atoms with E-state index in [4.69, 9.17) is 0 Å². The molecule has 0 aliphatic rings. The van der Waals surface area contributed by atoms with E-state index in [0.29, 0.717) is 6.54 Å². The fourth-order valence-corrected chi connectivity index (χ4v) is 2.10. The summed E-state index contributed by atoms with van der Waals surface area (Å²) in [6, 6.07) is 14.3. The topological polar surface area (TPSA) is 42.0 Å². The largest absolute Gasteiger partial charge is 0.356 e. The van der Waals surface area contributed by atoms with Gasteiger partial charge in [-0.15, -0.1) is 0 Å². The van der Waals surface area contributed by atoms with E-state index in [-0.39, 0.29) is 11.8 Å². The van der Waals surface area contributed by atoms with Crippen LogP contribution in [0.2, 0.25) is 0 Å². The summed E-state index contributed by atoms with van der Waals surface area (Å²) in [6.07, 6.45) is 4.52. The third-order valence-electron chi connectivity index (χ3n) is 3.07. The van der Waals surface area contributed by atoms with E-state index >= 15 is 0 Å². The van der Waals surface area contributed by atoms with Crippen LogP contribution in [0.15, 0.2) is 54.9 Å². The van der Waals surface area contributed by atoms with Gasteiger partial charge in [0.2, 0.25) is 5.91 Å². The minimum atomic E-state index is 0.00659. The lowest BCUT2D eigenvalue weighted by Gasteiger charge is -2.17. The molecular weight excluding hydrogens is 236 g/mol. The maximum Gasteiger partial charge on any atom is 0.216 e. The lowest BCUT2D eigenvalue weighted by atomic mass is 9.92. The molecular formula is C16H18N2O. The highest BCUT2D eigenvalue weighted by Crippen LogP contribution is 2.19. The summed E-state index contributed by atoms with van der Waals surface area (Å²) in [6.45, 7) is 2.19. The zero-order valence-electron chi connectivity index (χ0n) is 11.0. The first kappa shape index (κ1) is 13.3. The van der Waals surface area contributed by atoms with Crippen molar-refractivity contribution in [2.75, 3.05) is 6.54 Å². The van der Waals surface area contributed by atoms with Crippen molar-refractivity contribution in [2.45, 2.75) is 19.3 Å². The Kier molecular flexibility index (Phi) is 4.67. The normalized spacial score (nSPS) is 11.8. The van der Waals surface area contributed by atoms with Gasteiger partial charge in [0.05, 0.1) is 0 Å². The molecule has 0 aliphatic carbocycles. The van der Waals surface area contributed by atoms with Gasteiger partial charge < -0.3 is 5.32 Å². The van der Waals surface area contributed by atoms with Gasteiger partial charge in [-0.3, -0.25) is 9.78 Å². The van der Waals surface area contributed by atoms with Gasteiger partial charge in [0.15, 0.2) is 0 Å². The number of nitrogens with one attached hydrogen (secondary N) is 1. The molecule has 0 saturated heterocycles. The van der Waals surface area contributed by atoms with Crippen LogP contribution in [0.25, 0.3) is 0 Å². The van der Waals surface area contributed by atoms with Crippen molar-refractivity contribution in [3.8, 4) is 0 Å². The molecule has 1 amide bonds. The van der Waals surface area contributed by atoms with Crippen LogP contribution in [0, 0.1) is 0 Å². The maximum absolute atomic E-state index is 11.1. The first-order chi connectivity index (χ1) is 9.25. The van der Waals surface area contributed by atoms with Crippen molar-refractivity contribution in [3.05, 3.63) is 66.0 Å². The Morgan fingerprint density at radius 2 is 2.00 bits per heavy atom. The van der Waals surface area contributed by atoms with Crippen LogP contribution in [0.3, 0.4) is 0 Å². The molecule has 1 aromatic carbocycles. The fourth-order valence-electron chi connectivity index (χ4n) is 2.10. The number of benzene rings is 1. The van der Waals surface area contributed by atoms with Crippen LogP contribution in [-0.2, 0) is 11.2 Å². The summed E-state index contributed by atoms with van der Waals surface area (Å²) in [4.78, 5) is 15.2. The van der Waals surface area contributed by atoms with E-state index in [1.54, 1.807) is 13.1 Å². The molecule has 19 heavy (non-hydrogen) atoms. The average molecular weight is 254 g/mol. The van der Waals surface area contributed by atoms with Gasteiger partial charge in [-0.1, -0.05) is 36.4 Å². The van der Waals surface area contributed by atoms with Crippen molar-refractivity contribution in [1.29, 1.82) is 0 Å². The highest BCUT2D eigenvalue weighted by molar-refractivity contribution is 5.72. The minimum absolute atomic E-state index is 0.00659. The van der Waals surface area contributed by atoms with E-state index in [2.05, 4.69) is 28.5 Å². The second-order valence-electron chi connectivity index (χ2n) is 4.61. The molecule has 0 aliphatic heterocycles. The Balaban J connectivity index is 2.12. The van der Waals surface area contributed by atoms with Crippen molar-refractivity contribution in [2.24, 2.45) is 0 Å². The summed E-state index contributed by atoms with van der Waals surface area (Å²) in [7, 11) is 0. The number of nitrogens with zero attached hydrogens (tertiary/aromatic N) is 1. The molecule has 0 fully saturated rings. The third-order valence-corrected chi connectivity index (χ3v) is 3.07. The molecule has 1 aromatic heterocycles. The SMILES string of the molecule is CC(=O)NCC(Cc1cccnc1)c1ccccc1. The van der Waals surface area contributed by atoms with Crippen LogP contribution in [0.4, 0.5) is 0 Å². The minimum Gasteiger partial charge on any atom is -0.356 e.